The maximum Gasteiger partial charge on any atom is 0.139 e. The van der Waals surface area contributed by atoms with Crippen LogP contribution in [0.5, 0.6) is 5.75 Å². The zero-order valence-corrected chi connectivity index (χ0v) is 14.6. The summed E-state index contributed by atoms with van der Waals surface area (Å²) in [5, 5.41) is 0. The van der Waals surface area contributed by atoms with Gasteiger partial charge in [0.2, 0.25) is 0 Å². The van der Waals surface area contributed by atoms with Crippen molar-refractivity contribution in [1.82, 2.24) is 9.55 Å². The van der Waals surface area contributed by atoms with Crippen LogP contribution in [0.3, 0.4) is 0 Å². The second kappa shape index (κ2) is 7.28. The molecule has 1 saturated heterocycles. The molecule has 25 heavy (non-hydrogen) atoms. The van der Waals surface area contributed by atoms with E-state index in [-0.39, 0.29) is 6.10 Å². The van der Waals surface area contributed by atoms with Gasteiger partial charge in [-0.05, 0) is 50.5 Å². The van der Waals surface area contributed by atoms with Crippen molar-refractivity contribution in [1.29, 1.82) is 0 Å². The standard InChI is InChI=1S/C21H24N2O2/c1-16-9-11-17(12-10-16)24-15-5-13-23-19-7-3-2-6-18(19)22-21(23)20-8-4-14-25-20/h2-3,6-7,9-12,20H,4-5,8,13-15H2,1H3/t20-/m1/s1. The molecule has 4 nitrogen and oxygen atoms in total. The minimum atomic E-state index is 0.130. The first-order valence-electron chi connectivity index (χ1n) is 9.07. The first-order chi connectivity index (χ1) is 12.3. The van der Waals surface area contributed by atoms with Gasteiger partial charge in [-0.15, -0.1) is 0 Å². The van der Waals surface area contributed by atoms with Crippen LogP contribution < -0.4 is 4.74 Å². The van der Waals surface area contributed by atoms with Crippen molar-refractivity contribution in [2.75, 3.05) is 13.2 Å². The number of ether oxygens (including phenoxy) is 2. The minimum Gasteiger partial charge on any atom is -0.494 e. The maximum absolute atomic E-state index is 5.88. The third-order valence-electron chi connectivity index (χ3n) is 4.72. The molecule has 0 unspecified atom stereocenters. The predicted molar refractivity (Wildman–Crippen MR) is 99.0 cm³/mol. The topological polar surface area (TPSA) is 36.3 Å². The van der Waals surface area contributed by atoms with Crippen molar-refractivity contribution in [3.05, 3.63) is 59.9 Å². The van der Waals surface area contributed by atoms with Gasteiger partial charge >= 0.3 is 0 Å². The molecule has 2 heterocycles. The lowest BCUT2D eigenvalue weighted by Crippen LogP contribution is -2.11. The number of aryl methyl sites for hydroxylation is 2. The smallest absolute Gasteiger partial charge is 0.139 e. The van der Waals surface area contributed by atoms with Gasteiger partial charge in [0.25, 0.3) is 0 Å². The van der Waals surface area contributed by atoms with Crippen LogP contribution in [0.1, 0.15) is 36.8 Å². The van der Waals surface area contributed by atoms with E-state index in [2.05, 4.69) is 41.8 Å². The Labute approximate surface area is 148 Å². The average molecular weight is 336 g/mol. The molecule has 4 rings (SSSR count). The Morgan fingerprint density at radius 1 is 1.16 bits per heavy atom. The lowest BCUT2D eigenvalue weighted by atomic mass is 10.2. The molecular formula is C21H24N2O2. The summed E-state index contributed by atoms with van der Waals surface area (Å²) in [6, 6.07) is 16.5. The Balaban J connectivity index is 1.46. The van der Waals surface area contributed by atoms with Crippen molar-refractivity contribution in [3.63, 3.8) is 0 Å². The van der Waals surface area contributed by atoms with Crippen LogP contribution >= 0.6 is 0 Å². The van der Waals surface area contributed by atoms with Crippen molar-refractivity contribution in [2.24, 2.45) is 0 Å². The van der Waals surface area contributed by atoms with E-state index in [9.17, 15) is 0 Å². The van der Waals surface area contributed by atoms with E-state index < -0.39 is 0 Å². The van der Waals surface area contributed by atoms with Gasteiger partial charge in [0.05, 0.1) is 17.6 Å². The summed E-state index contributed by atoms with van der Waals surface area (Å²) in [6.07, 6.45) is 3.24. The Morgan fingerprint density at radius 2 is 2.00 bits per heavy atom. The Morgan fingerprint density at radius 3 is 2.80 bits per heavy atom. The fourth-order valence-corrected chi connectivity index (χ4v) is 3.40. The number of nitrogens with zero attached hydrogens (tertiary/aromatic N) is 2. The van der Waals surface area contributed by atoms with E-state index in [1.54, 1.807) is 0 Å². The average Bonchev–Trinajstić information content (AvgIpc) is 3.28. The van der Waals surface area contributed by atoms with Gasteiger partial charge in [-0.3, -0.25) is 0 Å². The van der Waals surface area contributed by atoms with Crippen LogP contribution in [0.15, 0.2) is 48.5 Å². The van der Waals surface area contributed by atoms with Crippen LogP contribution in [0.4, 0.5) is 0 Å². The summed E-state index contributed by atoms with van der Waals surface area (Å²) in [7, 11) is 0. The molecule has 0 saturated carbocycles. The molecule has 0 spiro atoms. The van der Waals surface area contributed by atoms with Gasteiger partial charge in [0, 0.05) is 13.2 Å². The zero-order valence-electron chi connectivity index (χ0n) is 14.6. The van der Waals surface area contributed by atoms with Crippen LogP contribution in [0, 0.1) is 6.92 Å². The van der Waals surface area contributed by atoms with E-state index in [4.69, 9.17) is 14.5 Å². The molecular weight excluding hydrogens is 312 g/mol. The van der Waals surface area contributed by atoms with E-state index >= 15 is 0 Å². The lowest BCUT2D eigenvalue weighted by molar-refractivity contribution is 0.102. The van der Waals surface area contributed by atoms with Gasteiger partial charge in [-0.1, -0.05) is 29.8 Å². The van der Waals surface area contributed by atoms with Crippen molar-refractivity contribution in [3.8, 4) is 5.75 Å². The number of fused-ring (bicyclic) bond motifs is 1. The number of hydrogen-bond acceptors (Lipinski definition) is 3. The third-order valence-corrected chi connectivity index (χ3v) is 4.72. The first kappa shape index (κ1) is 16.2. The molecule has 1 aliphatic heterocycles. The molecule has 4 heteroatoms. The number of hydrogen-bond donors (Lipinski definition) is 0. The Hall–Kier alpha value is -2.33. The highest BCUT2D eigenvalue weighted by atomic mass is 16.5. The highest BCUT2D eigenvalue weighted by Gasteiger charge is 2.24. The van der Waals surface area contributed by atoms with Gasteiger partial charge in [-0.25, -0.2) is 4.98 Å². The van der Waals surface area contributed by atoms with Gasteiger partial charge < -0.3 is 14.0 Å². The normalized spacial score (nSPS) is 17.2. The largest absolute Gasteiger partial charge is 0.494 e. The summed E-state index contributed by atoms with van der Waals surface area (Å²) in [5.41, 5.74) is 3.48. The lowest BCUT2D eigenvalue weighted by Gasteiger charge is -2.14. The minimum absolute atomic E-state index is 0.130. The first-order valence-corrected chi connectivity index (χ1v) is 9.07. The number of rotatable bonds is 6. The molecule has 0 amide bonds. The van der Waals surface area contributed by atoms with E-state index in [0.717, 1.165) is 49.5 Å². The van der Waals surface area contributed by atoms with Crippen LogP contribution in [-0.4, -0.2) is 22.8 Å². The molecule has 1 fully saturated rings. The Kier molecular flexibility index (Phi) is 4.70. The van der Waals surface area contributed by atoms with E-state index in [1.165, 1.54) is 11.1 Å². The summed E-state index contributed by atoms with van der Waals surface area (Å²) in [4.78, 5) is 4.84. The van der Waals surface area contributed by atoms with Crippen molar-refractivity contribution >= 4 is 11.0 Å². The fraction of sp³-hybridized carbons (Fsp3) is 0.381. The van der Waals surface area contributed by atoms with Crippen molar-refractivity contribution < 1.29 is 9.47 Å². The second-order valence-electron chi connectivity index (χ2n) is 6.63. The fourth-order valence-electron chi connectivity index (χ4n) is 3.40. The monoisotopic (exact) mass is 336 g/mol. The summed E-state index contributed by atoms with van der Waals surface area (Å²) in [5.74, 6) is 1.99. The highest BCUT2D eigenvalue weighted by molar-refractivity contribution is 5.76. The molecule has 130 valence electrons. The quantitative estimate of drug-likeness (QED) is 0.614. The molecule has 0 aliphatic carbocycles. The second-order valence-corrected chi connectivity index (χ2v) is 6.63. The number of para-hydroxylation sites is 2. The molecule has 0 bridgehead atoms. The number of imidazole rings is 1. The third kappa shape index (κ3) is 3.54. The molecule has 1 atom stereocenters. The van der Waals surface area contributed by atoms with Gasteiger partial charge in [0.1, 0.15) is 17.7 Å². The number of aromatic nitrogens is 2. The van der Waals surface area contributed by atoms with E-state index in [1.807, 2.05) is 18.2 Å². The van der Waals surface area contributed by atoms with E-state index in [0.29, 0.717) is 6.61 Å². The van der Waals surface area contributed by atoms with Gasteiger partial charge in [-0.2, -0.15) is 0 Å². The highest BCUT2D eigenvalue weighted by Crippen LogP contribution is 2.30. The number of benzene rings is 2. The van der Waals surface area contributed by atoms with Crippen LogP contribution in [0.2, 0.25) is 0 Å². The van der Waals surface area contributed by atoms with Gasteiger partial charge in [0.15, 0.2) is 0 Å². The predicted octanol–water partition coefficient (Wildman–Crippen LogP) is 4.67. The Bertz CT molecular complexity index is 833. The summed E-state index contributed by atoms with van der Waals surface area (Å²) < 4.78 is 14.1. The molecule has 0 radical (unpaired) electrons. The molecule has 3 aromatic rings. The summed E-state index contributed by atoms with van der Waals surface area (Å²) >= 11 is 0. The van der Waals surface area contributed by atoms with Crippen LogP contribution in [-0.2, 0) is 11.3 Å². The summed E-state index contributed by atoms with van der Waals surface area (Å²) in [6.45, 7) is 4.51. The van der Waals surface area contributed by atoms with Crippen molar-refractivity contribution in [2.45, 2.75) is 38.8 Å². The molecule has 2 aromatic carbocycles. The molecule has 0 N–H and O–H groups in total. The maximum atomic E-state index is 5.88. The van der Waals surface area contributed by atoms with Crippen LogP contribution in [0.25, 0.3) is 11.0 Å². The zero-order chi connectivity index (χ0) is 17.1. The molecule has 1 aromatic heterocycles. The SMILES string of the molecule is Cc1ccc(OCCCn2c([C@H]3CCCO3)nc3ccccc32)cc1. The molecule has 1 aliphatic rings.